The Morgan fingerprint density at radius 1 is 1.38 bits per heavy atom. The van der Waals surface area contributed by atoms with Crippen molar-refractivity contribution in [3.8, 4) is 0 Å². The molecule has 2 heterocycles. The minimum absolute atomic E-state index is 0.0172. The number of aryl methyl sites for hydroxylation is 1. The summed E-state index contributed by atoms with van der Waals surface area (Å²) in [4.78, 5) is 26.7. The lowest BCUT2D eigenvalue weighted by atomic mass is 10.2. The van der Waals surface area contributed by atoms with E-state index < -0.39 is 11.0 Å². The zero-order valence-electron chi connectivity index (χ0n) is 12.9. The molecule has 0 radical (unpaired) electrons. The molecular formula is C15H15N5O4. The van der Waals surface area contributed by atoms with Gasteiger partial charge in [-0.3, -0.25) is 24.2 Å². The van der Waals surface area contributed by atoms with E-state index in [1.807, 2.05) is 13.0 Å². The molecule has 0 unspecified atom stereocenters. The van der Waals surface area contributed by atoms with Crippen molar-refractivity contribution in [2.75, 3.05) is 0 Å². The molecule has 0 spiro atoms. The number of nitrogens with zero attached hydrogens (tertiary/aromatic N) is 5. The van der Waals surface area contributed by atoms with Gasteiger partial charge in [0.2, 0.25) is 0 Å². The zero-order chi connectivity index (χ0) is 17.3. The van der Waals surface area contributed by atoms with Crippen LogP contribution in [-0.4, -0.2) is 35.5 Å². The van der Waals surface area contributed by atoms with Crippen LogP contribution in [0.4, 0.5) is 5.69 Å². The Balaban J connectivity index is 1.79. The van der Waals surface area contributed by atoms with Crippen molar-refractivity contribution in [1.29, 1.82) is 0 Å². The van der Waals surface area contributed by atoms with Crippen LogP contribution in [-0.2, 0) is 13.1 Å². The lowest BCUT2D eigenvalue weighted by Gasteiger charge is -2.13. The van der Waals surface area contributed by atoms with Gasteiger partial charge in [-0.05, 0) is 19.1 Å². The summed E-state index contributed by atoms with van der Waals surface area (Å²) in [6.45, 7) is 1.94. The highest BCUT2D eigenvalue weighted by molar-refractivity contribution is 5.77. The quantitative estimate of drug-likeness (QED) is 0.548. The lowest BCUT2D eigenvalue weighted by Crippen LogP contribution is -2.29. The Bertz CT molecular complexity index is 962. The van der Waals surface area contributed by atoms with Crippen LogP contribution in [0.3, 0.4) is 0 Å². The van der Waals surface area contributed by atoms with Crippen LogP contribution in [0.2, 0.25) is 0 Å². The molecule has 0 bridgehead atoms. The SMILES string of the molecule is Cc1ccc2ncn(C[C@@H](O)Cn3cc([N+](=O)[O-])cn3)c(=O)c2c1. The monoisotopic (exact) mass is 329 g/mol. The van der Waals surface area contributed by atoms with Gasteiger partial charge in [-0.2, -0.15) is 5.10 Å². The molecule has 9 nitrogen and oxygen atoms in total. The Labute approximate surface area is 135 Å². The van der Waals surface area contributed by atoms with Crippen LogP contribution in [0.15, 0.2) is 41.7 Å². The number of hydrogen-bond acceptors (Lipinski definition) is 6. The standard InChI is InChI=1S/C15H15N5O4/c1-10-2-3-14-13(4-10)15(22)18(9-16-14)7-12(21)8-19-6-11(5-17-19)20(23)24/h2-6,9,12,21H,7-8H2,1H3/t12-/m1/s1. The first-order valence-electron chi connectivity index (χ1n) is 7.25. The van der Waals surface area contributed by atoms with E-state index in [9.17, 15) is 20.0 Å². The summed E-state index contributed by atoms with van der Waals surface area (Å²) in [5.74, 6) is 0. The Morgan fingerprint density at radius 3 is 2.88 bits per heavy atom. The molecule has 0 aliphatic carbocycles. The molecule has 24 heavy (non-hydrogen) atoms. The lowest BCUT2D eigenvalue weighted by molar-refractivity contribution is -0.385. The molecular weight excluding hydrogens is 314 g/mol. The molecule has 0 saturated heterocycles. The van der Waals surface area contributed by atoms with Crippen molar-refractivity contribution in [2.45, 2.75) is 26.1 Å². The number of rotatable bonds is 5. The van der Waals surface area contributed by atoms with Crippen molar-refractivity contribution in [3.63, 3.8) is 0 Å². The molecule has 1 N–H and O–H groups in total. The van der Waals surface area contributed by atoms with E-state index in [1.165, 1.54) is 21.8 Å². The average molecular weight is 329 g/mol. The molecule has 0 saturated carbocycles. The van der Waals surface area contributed by atoms with Gasteiger partial charge in [-0.1, -0.05) is 11.6 Å². The van der Waals surface area contributed by atoms with Gasteiger partial charge in [0.25, 0.3) is 5.56 Å². The number of aliphatic hydroxyl groups is 1. The van der Waals surface area contributed by atoms with Crippen molar-refractivity contribution >= 4 is 16.6 Å². The maximum atomic E-state index is 12.5. The number of benzene rings is 1. The fraction of sp³-hybridized carbons (Fsp3) is 0.267. The number of nitro groups is 1. The fourth-order valence-corrected chi connectivity index (χ4v) is 2.45. The smallest absolute Gasteiger partial charge is 0.306 e. The van der Waals surface area contributed by atoms with Crippen molar-refractivity contribution in [1.82, 2.24) is 19.3 Å². The number of aromatic nitrogens is 4. The van der Waals surface area contributed by atoms with E-state index in [0.717, 1.165) is 11.8 Å². The topological polar surface area (TPSA) is 116 Å². The first-order chi connectivity index (χ1) is 11.4. The van der Waals surface area contributed by atoms with Crippen molar-refractivity contribution < 1.29 is 10.0 Å². The van der Waals surface area contributed by atoms with Gasteiger partial charge in [-0.25, -0.2) is 4.98 Å². The van der Waals surface area contributed by atoms with Crippen LogP contribution in [0.1, 0.15) is 5.56 Å². The number of aliphatic hydroxyl groups excluding tert-OH is 1. The Morgan fingerprint density at radius 2 is 2.17 bits per heavy atom. The Hall–Kier alpha value is -3.07. The van der Waals surface area contributed by atoms with Gasteiger partial charge in [0.1, 0.15) is 12.4 Å². The van der Waals surface area contributed by atoms with E-state index in [-0.39, 0.29) is 24.3 Å². The average Bonchev–Trinajstić information content (AvgIpc) is 2.99. The van der Waals surface area contributed by atoms with Crippen LogP contribution in [0, 0.1) is 17.0 Å². The second kappa shape index (κ2) is 6.20. The summed E-state index contributed by atoms with van der Waals surface area (Å²) in [6, 6.07) is 5.40. The predicted octanol–water partition coefficient (Wildman–Crippen LogP) is 0.871. The first kappa shape index (κ1) is 15.8. The summed E-state index contributed by atoms with van der Waals surface area (Å²) in [5.41, 5.74) is 1.15. The molecule has 0 aliphatic heterocycles. The van der Waals surface area contributed by atoms with Gasteiger partial charge in [-0.15, -0.1) is 0 Å². The van der Waals surface area contributed by atoms with Gasteiger partial charge in [0, 0.05) is 0 Å². The highest BCUT2D eigenvalue weighted by atomic mass is 16.6. The van der Waals surface area contributed by atoms with E-state index in [1.54, 1.807) is 12.1 Å². The normalized spacial score (nSPS) is 12.4. The van der Waals surface area contributed by atoms with E-state index in [4.69, 9.17) is 0 Å². The second-order valence-corrected chi connectivity index (χ2v) is 5.55. The van der Waals surface area contributed by atoms with Crippen LogP contribution < -0.4 is 5.56 Å². The summed E-state index contributed by atoms with van der Waals surface area (Å²) >= 11 is 0. The maximum Gasteiger partial charge on any atom is 0.306 e. The molecule has 0 aliphatic rings. The molecule has 0 amide bonds. The minimum Gasteiger partial charge on any atom is -0.389 e. The predicted molar refractivity (Wildman–Crippen MR) is 85.6 cm³/mol. The third-order valence-electron chi connectivity index (χ3n) is 3.62. The molecule has 1 atom stereocenters. The van der Waals surface area contributed by atoms with E-state index in [2.05, 4.69) is 10.1 Å². The van der Waals surface area contributed by atoms with E-state index in [0.29, 0.717) is 10.9 Å². The van der Waals surface area contributed by atoms with Crippen LogP contribution in [0.25, 0.3) is 10.9 Å². The van der Waals surface area contributed by atoms with Crippen molar-refractivity contribution in [3.05, 3.63) is 63.0 Å². The van der Waals surface area contributed by atoms with Crippen LogP contribution >= 0.6 is 0 Å². The number of fused-ring (bicyclic) bond motifs is 1. The van der Waals surface area contributed by atoms with Gasteiger partial charge in [0.15, 0.2) is 0 Å². The fourth-order valence-electron chi connectivity index (χ4n) is 2.45. The van der Waals surface area contributed by atoms with Crippen LogP contribution in [0.5, 0.6) is 0 Å². The number of hydrogen-bond donors (Lipinski definition) is 1. The third kappa shape index (κ3) is 3.15. The maximum absolute atomic E-state index is 12.5. The molecule has 1 aromatic carbocycles. The van der Waals surface area contributed by atoms with Gasteiger partial charge < -0.3 is 5.11 Å². The molecule has 0 fully saturated rings. The first-order valence-corrected chi connectivity index (χ1v) is 7.25. The van der Waals surface area contributed by atoms with E-state index >= 15 is 0 Å². The third-order valence-corrected chi connectivity index (χ3v) is 3.62. The molecule has 3 aromatic rings. The zero-order valence-corrected chi connectivity index (χ0v) is 12.9. The molecule has 9 heteroatoms. The molecule has 124 valence electrons. The van der Waals surface area contributed by atoms with Crippen molar-refractivity contribution in [2.24, 2.45) is 0 Å². The minimum atomic E-state index is -0.939. The highest BCUT2D eigenvalue weighted by Gasteiger charge is 2.13. The van der Waals surface area contributed by atoms with Gasteiger partial charge >= 0.3 is 5.69 Å². The summed E-state index contributed by atoms with van der Waals surface area (Å²) < 4.78 is 2.59. The molecule has 3 rings (SSSR count). The Kier molecular flexibility index (Phi) is 4.09. The largest absolute Gasteiger partial charge is 0.389 e. The molecule has 2 aromatic heterocycles. The summed E-state index contributed by atoms with van der Waals surface area (Å²) in [6.07, 6.45) is 2.79. The summed E-state index contributed by atoms with van der Waals surface area (Å²) in [5, 5.41) is 25.1. The highest BCUT2D eigenvalue weighted by Crippen LogP contribution is 2.10. The van der Waals surface area contributed by atoms with Gasteiger partial charge in [0.05, 0.1) is 41.3 Å². The second-order valence-electron chi connectivity index (χ2n) is 5.55. The summed E-state index contributed by atoms with van der Waals surface area (Å²) in [7, 11) is 0.